The fourth-order valence-corrected chi connectivity index (χ4v) is 9.87. The largest absolute Gasteiger partial charge is 0.175 e. The van der Waals surface area contributed by atoms with Crippen LogP contribution in [0.1, 0.15) is 28.7 Å². The Balaban J connectivity index is 1.56. The van der Waals surface area contributed by atoms with E-state index in [1.807, 2.05) is 0 Å². The number of halogens is 1. The molecule has 0 bridgehead atoms. The van der Waals surface area contributed by atoms with E-state index in [0.717, 1.165) is 10.9 Å². The van der Waals surface area contributed by atoms with Crippen LogP contribution in [0.15, 0.2) is 113 Å². The van der Waals surface area contributed by atoms with Gasteiger partial charge in [0.2, 0.25) is 0 Å². The van der Waals surface area contributed by atoms with Gasteiger partial charge >= 0.3 is 0 Å². The third kappa shape index (κ3) is 2.07. The second-order valence-corrected chi connectivity index (χ2v) is 12.3. The standard InChI is InChI=1S/C31H19BrP/c32-19-16-17-22-21-10-4-5-11-23(21)31(26(22)18-19)24-12-6-14-27-29(24)30-25(31)13-7-15-28(30)33(27)20-8-2-1-3-9-20/h1-14,16-18H,15H2/q+1. The highest BCUT2D eigenvalue weighted by Crippen LogP contribution is 2.65. The number of rotatable bonds is 1. The van der Waals surface area contributed by atoms with Crippen LogP contribution < -0.4 is 10.6 Å². The Morgan fingerprint density at radius 3 is 2.42 bits per heavy atom. The predicted octanol–water partition coefficient (Wildman–Crippen LogP) is 7.11. The first-order valence-corrected chi connectivity index (χ1v) is 13.6. The molecular formula is C31H19BrP+. The van der Waals surface area contributed by atoms with Gasteiger partial charge in [0.05, 0.1) is 5.41 Å². The van der Waals surface area contributed by atoms with Gasteiger partial charge in [-0.05, 0) is 63.7 Å². The lowest BCUT2D eigenvalue weighted by Gasteiger charge is -2.32. The highest BCUT2D eigenvalue weighted by atomic mass is 79.9. The summed E-state index contributed by atoms with van der Waals surface area (Å²) in [5.41, 5.74) is 11.4. The highest BCUT2D eigenvalue weighted by molar-refractivity contribution is 9.10. The number of fused-ring (bicyclic) bond motifs is 7. The van der Waals surface area contributed by atoms with Crippen LogP contribution in [0.25, 0.3) is 16.7 Å². The zero-order valence-corrected chi connectivity index (χ0v) is 20.3. The van der Waals surface area contributed by atoms with Crippen molar-refractivity contribution in [3.63, 3.8) is 0 Å². The van der Waals surface area contributed by atoms with Gasteiger partial charge in [0.1, 0.15) is 5.29 Å². The molecule has 1 spiro atoms. The monoisotopic (exact) mass is 501 g/mol. The predicted molar refractivity (Wildman–Crippen MR) is 144 cm³/mol. The third-order valence-electron chi connectivity index (χ3n) is 7.79. The summed E-state index contributed by atoms with van der Waals surface area (Å²) in [4.78, 5) is 0. The maximum atomic E-state index is 3.80. The summed E-state index contributed by atoms with van der Waals surface area (Å²) in [5.74, 6) is 0. The van der Waals surface area contributed by atoms with Crippen molar-refractivity contribution in [1.29, 1.82) is 0 Å². The van der Waals surface area contributed by atoms with Gasteiger partial charge in [-0.1, -0.05) is 88.7 Å². The normalized spacial score (nSPS) is 21.6. The quantitative estimate of drug-likeness (QED) is 0.244. The summed E-state index contributed by atoms with van der Waals surface area (Å²) in [6, 6.07) is 34.2. The molecular weight excluding hydrogens is 483 g/mol. The van der Waals surface area contributed by atoms with Gasteiger partial charge in [0.15, 0.2) is 18.2 Å². The first kappa shape index (κ1) is 18.4. The van der Waals surface area contributed by atoms with Crippen molar-refractivity contribution in [3.8, 4) is 11.1 Å². The van der Waals surface area contributed by atoms with Crippen LogP contribution in [0.5, 0.6) is 0 Å². The number of benzene rings is 4. The number of allylic oxidation sites excluding steroid dienone is 4. The van der Waals surface area contributed by atoms with E-state index in [1.165, 1.54) is 49.6 Å². The zero-order valence-electron chi connectivity index (χ0n) is 17.8. The molecule has 0 amide bonds. The Bertz CT molecular complexity index is 1640. The van der Waals surface area contributed by atoms with Gasteiger partial charge in [0.25, 0.3) is 0 Å². The molecule has 2 unspecified atom stereocenters. The van der Waals surface area contributed by atoms with E-state index in [4.69, 9.17) is 0 Å². The summed E-state index contributed by atoms with van der Waals surface area (Å²) in [5, 5.41) is 4.64. The second-order valence-electron chi connectivity index (χ2n) is 9.20. The third-order valence-corrected chi connectivity index (χ3v) is 10.9. The molecule has 0 aromatic heterocycles. The average molecular weight is 502 g/mol. The lowest BCUT2D eigenvalue weighted by molar-refractivity contribution is 0.785. The van der Waals surface area contributed by atoms with Crippen molar-refractivity contribution in [2.24, 2.45) is 0 Å². The van der Waals surface area contributed by atoms with E-state index in [1.54, 1.807) is 10.9 Å². The lowest BCUT2D eigenvalue weighted by atomic mass is 9.69. The van der Waals surface area contributed by atoms with Crippen LogP contribution in [0.4, 0.5) is 0 Å². The Morgan fingerprint density at radius 1 is 0.727 bits per heavy atom. The van der Waals surface area contributed by atoms with Crippen LogP contribution in [0.3, 0.4) is 0 Å². The first-order chi connectivity index (χ1) is 16.3. The van der Waals surface area contributed by atoms with Crippen LogP contribution in [-0.4, -0.2) is 5.29 Å². The SMILES string of the molecule is Brc1ccc2c(c1)C1(C3=C4C(=[P+](c5ccccc5)c5cccc1c54)CC=C3)c1ccccc1-2. The molecule has 0 saturated carbocycles. The molecule has 3 aliphatic carbocycles. The summed E-state index contributed by atoms with van der Waals surface area (Å²) in [7, 11) is -0.473. The van der Waals surface area contributed by atoms with Gasteiger partial charge in [-0.15, -0.1) is 0 Å². The second kappa shape index (κ2) is 6.32. The maximum absolute atomic E-state index is 3.80. The molecule has 2 atom stereocenters. The van der Waals surface area contributed by atoms with E-state index in [2.05, 4.69) is 119 Å². The van der Waals surface area contributed by atoms with Crippen molar-refractivity contribution in [3.05, 3.63) is 135 Å². The number of hydrogen-bond donors (Lipinski definition) is 0. The van der Waals surface area contributed by atoms with Crippen LogP contribution >= 0.6 is 23.5 Å². The summed E-state index contributed by atoms with van der Waals surface area (Å²) in [6.45, 7) is 0. The maximum Gasteiger partial charge on any atom is 0.175 e. The highest BCUT2D eigenvalue weighted by Gasteiger charge is 2.58. The molecule has 4 aromatic rings. The molecule has 33 heavy (non-hydrogen) atoms. The fraction of sp³-hybridized carbons (Fsp3) is 0.0645. The Hall–Kier alpha value is -2.99. The minimum atomic E-state index is -0.473. The molecule has 4 aliphatic rings. The van der Waals surface area contributed by atoms with Crippen molar-refractivity contribution in [2.75, 3.05) is 0 Å². The Kier molecular flexibility index (Phi) is 3.53. The fourth-order valence-electron chi connectivity index (χ4n) is 6.72. The molecule has 4 aromatic carbocycles. The van der Waals surface area contributed by atoms with Crippen molar-refractivity contribution in [2.45, 2.75) is 11.8 Å². The molecule has 1 aliphatic heterocycles. The minimum absolute atomic E-state index is 0.226. The molecule has 0 saturated heterocycles. The molecule has 154 valence electrons. The average Bonchev–Trinajstić information content (AvgIpc) is 3.47. The van der Waals surface area contributed by atoms with Gasteiger partial charge in [-0.2, -0.15) is 0 Å². The minimum Gasteiger partial charge on any atom is -0.0759 e. The molecule has 1 heterocycles. The molecule has 0 N–H and O–H groups in total. The first-order valence-electron chi connectivity index (χ1n) is 11.5. The molecule has 8 rings (SSSR count). The summed E-state index contributed by atoms with van der Waals surface area (Å²) < 4.78 is 1.15. The van der Waals surface area contributed by atoms with Crippen molar-refractivity contribution >= 4 is 45.0 Å². The molecule has 2 heteroatoms. The van der Waals surface area contributed by atoms with Crippen LogP contribution in [0, 0.1) is 0 Å². The topological polar surface area (TPSA) is 0 Å². The van der Waals surface area contributed by atoms with Gasteiger partial charge in [0, 0.05) is 22.0 Å². The lowest BCUT2D eigenvalue weighted by Crippen LogP contribution is -2.28. The van der Waals surface area contributed by atoms with Crippen LogP contribution in [-0.2, 0) is 5.41 Å². The molecule has 0 nitrogen and oxygen atoms in total. The number of hydrogen-bond acceptors (Lipinski definition) is 0. The Labute approximate surface area is 202 Å². The van der Waals surface area contributed by atoms with E-state index in [9.17, 15) is 0 Å². The smallest absolute Gasteiger partial charge is 0.0759 e. The van der Waals surface area contributed by atoms with Gasteiger partial charge < -0.3 is 0 Å². The van der Waals surface area contributed by atoms with Crippen LogP contribution in [0.2, 0.25) is 0 Å². The molecule has 0 radical (unpaired) electrons. The van der Waals surface area contributed by atoms with Crippen molar-refractivity contribution in [1.82, 2.24) is 0 Å². The summed E-state index contributed by atoms with van der Waals surface area (Å²) >= 11 is 3.80. The molecule has 0 fully saturated rings. The van der Waals surface area contributed by atoms with Gasteiger partial charge in [-0.25, -0.2) is 0 Å². The van der Waals surface area contributed by atoms with E-state index in [-0.39, 0.29) is 5.41 Å². The van der Waals surface area contributed by atoms with E-state index in [0.29, 0.717) is 0 Å². The van der Waals surface area contributed by atoms with Gasteiger partial charge in [-0.3, -0.25) is 0 Å². The van der Waals surface area contributed by atoms with E-state index >= 15 is 0 Å². The van der Waals surface area contributed by atoms with Crippen molar-refractivity contribution < 1.29 is 0 Å². The zero-order chi connectivity index (χ0) is 21.7. The Morgan fingerprint density at radius 2 is 1.52 bits per heavy atom. The summed E-state index contributed by atoms with van der Waals surface area (Å²) in [6.07, 6.45) is 5.91. The van der Waals surface area contributed by atoms with E-state index < -0.39 is 7.55 Å².